The summed E-state index contributed by atoms with van der Waals surface area (Å²) in [6.07, 6.45) is 4.31. The minimum Gasteiger partial charge on any atom is -0.480 e. The Morgan fingerprint density at radius 1 is 1.45 bits per heavy atom. The smallest absolute Gasteiger partial charge is 0.326 e. The summed E-state index contributed by atoms with van der Waals surface area (Å²) in [6, 6.07) is 4.48. The van der Waals surface area contributed by atoms with Crippen molar-refractivity contribution >= 4 is 34.4 Å². The number of amides is 1. The molecule has 22 heavy (non-hydrogen) atoms. The number of carbonyl (C=O) groups is 2. The average molecular weight is 321 g/mol. The number of carboxylic acids is 1. The summed E-state index contributed by atoms with van der Waals surface area (Å²) in [4.78, 5) is 26.3. The number of nitrogens with one attached hydrogen (secondary N) is 2. The number of rotatable bonds is 7. The van der Waals surface area contributed by atoms with E-state index in [4.69, 9.17) is 16.7 Å². The summed E-state index contributed by atoms with van der Waals surface area (Å²) in [6.45, 7) is 3.55. The van der Waals surface area contributed by atoms with E-state index in [-0.39, 0.29) is 12.3 Å². The molecule has 0 aliphatic heterocycles. The number of benzene rings is 1. The van der Waals surface area contributed by atoms with Gasteiger partial charge in [0, 0.05) is 22.1 Å². The quantitative estimate of drug-likeness (QED) is 0.686. The van der Waals surface area contributed by atoms with Crippen molar-refractivity contribution in [2.24, 2.45) is 0 Å². The first-order valence-corrected chi connectivity index (χ1v) is 7.27. The molecule has 1 aromatic heterocycles. The van der Waals surface area contributed by atoms with Crippen molar-refractivity contribution in [3.05, 3.63) is 47.6 Å². The minimum atomic E-state index is -1.04. The molecule has 2 aromatic rings. The lowest BCUT2D eigenvalue weighted by Crippen LogP contribution is -2.41. The normalized spacial score (nSPS) is 12.0. The lowest BCUT2D eigenvalue weighted by Gasteiger charge is -2.13. The second-order valence-electron chi connectivity index (χ2n) is 5.00. The van der Waals surface area contributed by atoms with E-state index in [9.17, 15) is 9.59 Å². The third kappa shape index (κ3) is 3.89. The molecule has 1 atom stereocenters. The molecule has 0 aliphatic carbocycles. The Morgan fingerprint density at radius 2 is 2.23 bits per heavy atom. The van der Waals surface area contributed by atoms with Crippen LogP contribution in [-0.2, 0) is 16.0 Å². The zero-order valence-corrected chi connectivity index (χ0v) is 12.7. The van der Waals surface area contributed by atoms with Crippen LogP contribution in [0.5, 0.6) is 0 Å². The summed E-state index contributed by atoms with van der Waals surface area (Å²) in [5.74, 6) is -1.38. The number of fused-ring (bicyclic) bond motifs is 1. The SMILES string of the molecule is C=CCCC(NC(=O)Cc1c[nH]c2ccc(Cl)cc12)C(=O)O. The highest BCUT2D eigenvalue weighted by molar-refractivity contribution is 6.31. The predicted molar refractivity (Wildman–Crippen MR) is 86.0 cm³/mol. The second-order valence-corrected chi connectivity index (χ2v) is 5.44. The number of carbonyl (C=O) groups excluding carboxylic acids is 1. The van der Waals surface area contributed by atoms with E-state index in [0.717, 1.165) is 16.5 Å². The Morgan fingerprint density at radius 3 is 2.91 bits per heavy atom. The number of hydrogen-bond donors (Lipinski definition) is 3. The summed E-state index contributed by atoms with van der Waals surface area (Å²) >= 11 is 5.97. The third-order valence-electron chi connectivity index (χ3n) is 3.37. The van der Waals surface area contributed by atoms with Gasteiger partial charge in [-0.2, -0.15) is 0 Å². The molecular weight excluding hydrogens is 304 g/mol. The van der Waals surface area contributed by atoms with Gasteiger partial charge in [-0.05, 0) is 36.6 Å². The lowest BCUT2D eigenvalue weighted by atomic mass is 10.1. The fourth-order valence-corrected chi connectivity index (χ4v) is 2.43. The number of H-pyrrole nitrogens is 1. The van der Waals surface area contributed by atoms with Crippen molar-refractivity contribution in [1.82, 2.24) is 10.3 Å². The van der Waals surface area contributed by atoms with Gasteiger partial charge < -0.3 is 15.4 Å². The first kappa shape index (κ1) is 16.1. The molecule has 2 rings (SSSR count). The van der Waals surface area contributed by atoms with Gasteiger partial charge in [0.1, 0.15) is 6.04 Å². The van der Waals surface area contributed by atoms with Gasteiger partial charge in [0.25, 0.3) is 0 Å². The number of aromatic amines is 1. The fourth-order valence-electron chi connectivity index (χ4n) is 2.26. The first-order valence-electron chi connectivity index (χ1n) is 6.90. The highest BCUT2D eigenvalue weighted by atomic mass is 35.5. The van der Waals surface area contributed by atoms with Gasteiger partial charge >= 0.3 is 5.97 Å². The number of carboxylic acid groups (broad SMARTS) is 1. The van der Waals surface area contributed by atoms with Crippen LogP contribution in [0.25, 0.3) is 10.9 Å². The van der Waals surface area contributed by atoms with Gasteiger partial charge in [-0.3, -0.25) is 4.79 Å². The lowest BCUT2D eigenvalue weighted by molar-refractivity contribution is -0.141. The van der Waals surface area contributed by atoms with Crippen molar-refractivity contribution in [2.45, 2.75) is 25.3 Å². The summed E-state index contributed by atoms with van der Waals surface area (Å²) in [5.41, 5.74) is 1.66. The Bertz CT molecular complexity index is 708. The molecule has 3 N–H and O–H groups in total. The van der Waals surface area contributed by atoms with Crippen molar-refractivity contribution in [3.8, 4) is 0 Å². The van der Waals surface area contributed by atoms with Crippen LogP contribution in [-0.4, -0.2) is 28.0 Å². The molecule has 1 heterocycles. The highest BCUT2D eigenvalue weighted by Gasteiger charge is 2.19. The number of aliphatic carboxylic acids is 1. The predicted octanol–water partition coefficient (Wildman–Crippen LogP) is 2.90. The van der Waals surface area contributed by atoms with E-state index in [0.29, 0.717) is 17.9 Å². The molecule has 6 heteroatoms. The molecule has 0 bridgehead atoms. The van der Waals surface area contributed by atoms with Crippen LogP contribution in [0.15, 0.2) is 37.1 Å². The van der Waals surface area contributed by atoms with Gasteiger partial charge in [0.15, 0.2) is 0 Å². The van der Waals surface area contributed by atoms with E-state index in [1.807, 2.05) is 6.07 Å². The minimum absolute atomic E-state index is 0.0954. The van der Waals surface area contributed by atoms with Gasteiger partial charge in [-0.25, -0.2) is 4.79 Å². The van der Waals surface area contributed by atoms with E-state index in [2.05, 4.69) is 16.9 Å². The second kappa shape index (κ2) is 7.13. The number of aromatic nitrogens is 1. The number of hydrogen-bond acceptors (Lipinski definition) is 2. The number of allylic oxidation sites excluding steroid dienone is 1. The first-order chi connectivity index (χ1) is 10.5. The summed E-state index contributed by atoms with van der Waals surface area (Å²) < 4.78 is 0. The summed E-state index contributed by atoms with van der Waals surface area (Å²) in [7, 11) is 0. The van der Waals surface area contributed by atoms with Crippen molar-refractivity contribution in [2.75, 3.05) is 0 Å². The van der Waals surface area contributed by atoms with Crippen LogP contribution in [0, 0.1) is 0 Å². The Kier molecular flexibility index (Phi) is 5.22. The maximum Gasteiger partial charge on any atom is 0.326 e. The molecule has 0 saturated carbocycles. The van der Waals surface area contributed by atoms with E-state index < -0.39 is 12.0 Å². The van der Waals surface area contributed by atoms with Crippen LogP contribution in [0.2, 0.25) is 5.02 Å². The van der Waals surface area contributed by atoms with E-state index in [1.54, 1.807) is 24.4 Å². The highest BCUT2D eigenvalue weighted by Crippen LogP contribution is 2.22. The zero-order chi connectivity index (χ0) is 16.1. The monoisotopic (exact) mass is 320 g/mol. The van der Waals surface area contributed by atoms with Crippen molar-refractivity contribution in [3.63, 3.8) is 0 Å². The van der Waals surface area contributed by atoms with Gasteiger partial charge in [0.05, 0.1) is 6.42 Å². The van der Waals surface area contributed by atoms with Gasteiger partial charge in [-0.1, -0.05) is 17.7 Å². The Labute approximate surface area is 133 Å². The topological polar surface area (TPSA) is 82.2 Å². The third-order valence-corrected chi connectivity index (χ3v) is 3.61. The van der Waals surface area contributed by atoms with Gasteiger partial charge in [-0.15, -0.1) is 6.58 Å². The average Bonchev–Trinajstić information content (AvgIpc) is 2.85. The zero-order valence-electron chi connectivity index (χ0n) is 11.9. The van der Waals surface area contributed by atoms with Crippen LogP contribution >= 0.6 is 11.6 Å². The molecule has 0 spiro atoms. The van der Waals surface area contributed by atoms with Crippen molar-refractivity contribution in [1.29, 1.82) is 0 Å². The van der Waals surface area contributed by atoms with E-state index in [1.165, 1.54) is 0 Å². The largest absolute Gasteiger partial charge is 0.480 e. The maximum absolute atomic E-state index is 12.1. The van der Waals surface area contributed by atoms with Crippen LogP contribution in [0.4, 0.5) is 0 Å². The molecule has 1 unspecified atom stereocenters. The molecule has 0 radical (unpaired) electrons. The molecule has 116 valence electrons. The molecule has 1 amide bonds. The number of halogens is 1. The molecule has 0 fully saturated rings. The Hall–Kier alpha value is -2.27. The molecule has 1 aromatic carbocycles. The Balaban J connectivity index is 2.08. The molecule has 0 saturated heterocycles. The van der Waals surface area contributed by atoms with E-state index >= 15 is 0 Å². The van der Waals surface area contributed by atoms with Crippen LogP contribution in [0.3, 0.4) is 0 Å². The standard InChI is InChI=1S/C16H17ClN2O3/c1-2-3-4-14(16(21)22)19-15(20)7-10-9-18-13-6-5-11(17)8-12(10)13/h2,5-6,8-9,14,18H,1,3-4,7H2,(H,19,20)(H,21,22). The van der Waals surface area contributed by atoms with Crippen LogP contribution < -0.4 is 5.32 Å². The summed E-state index contributed by atoms with van der Waals surface area (Å²) in [5, 5.41) is 13.1. The van der Waals surface area contributed by atoms with Crippen molar-refractivity contribution < 1.29 is 14.7 Å². The fraction of sp³-hybridized carbons (Fsp3) is 0.250. The van der Waals surface area contributed by atoms with Gasteiger partial charge in [0.2, 0.25) is 5.91 Å². The maximum atomic E-state index is 12.1. The molecule has 5 nitrogen and oxygen atoms in total. The van der Waals surface area contributed by atoms with Crippen LogP contribution in [0.1, 0.15) is 18.4 Å². The molecule has 0 aliphatic rings. The molecular formula is C16H17ClN2O3.